The topological polar surface area (TPSA) is 103 Å². The number of hydrazone groups is 1. The van der Waals surface area contributed by atoms with Crippen LogP contribution in [0, 0.1) is 17.0 Å². The SMILES string of the molecule is COc1cc(/C=N/NC(=O)Cc2ccccc2[N+](=O)[O-])ccc1OCc1ccc(C)cc1. The number of hydrogen-bond donors (Lipinski definition) is 1. The maximum Gasteiger partial charge on any atom is 0.273 e. The van der Waals surface area contributed by atoms with Gasteiger partial charge in [-0.25, -0.2) is 5.43 Å². The first-order valence-electron chi connectivity index (χ1n) is 9.87. The summed E-state index contributed by atoms with van der Waals surface area (Å²) >= 11 is 0. The van der Waals surface area contributed by atoms with Crippen LogP contribution in [0.25, 0.3) is 0 Å². The summed E-state index contributed by atoms with van der Waals surface area (Å²) in [5.41, 5.74) is 5.53. The van der Waals surface area contributed by atoms with Crippen molar-refractivity contribution in [2.45, 2.75) is 20.0 Å². The second-order valence-corrected chi connectivity index (χ2v) is 7.04. The molecule has 0 fully saturated rings. The minimum Gasteiger partial charge on any atom is -0.493 e. The number of ether oxygens (including phenoxy) is 2. The summed E-state index contributed by atoms with van der Waals surface area (Å²) in [6, 6.07) is 19.5. The van der Waals surface area contributed by atoms with E-state index in [4.69, 9.17) is 9.47 Å². The molecule has 164 valence electrons. The van der Waals surface area contributed by atoms with E-state index in [2.05, 4.69) is 10.5 Å². The summed E-state index contributed by atoms with van der Waals surface area (Å²) in [5.74, 6) is 0.665. The number of hydrogen-bond acceptors (Lipinski definition) is 6. The van der Waals surface area contributed by atoms with Crippen LogP contribution in [0.15, 0.2) is 71.8 Å². The van der Waals surface area contributed by atoms with Gasteiger partial charge in [0.25, 0.3) is 5.69 Å². The molecule has 0 aliphatic rings. The molecule has 3 aromatic carbocycles. The lowest BCUT2D eigenvalue weighted by atomic mass is 10.1. The van der Waals surface area contributed by atoms with E-state index in [0.717, 1.165) is 5.56 Å². The van der Waals surface area contributed by atoms with Crippen molar-refractivity contribution in [3.05, 3.63) is 99.1 Å². The summed E-state index contributed by atoms with van der Waals surface area (Å²) in [4.78, 5) is 22.6. The quantitative estimate of drug-likeness (QED) is 0.310. The van der Waals surface area contributed by atoms with Crippen LogP contribution in [-0.4, -0.2) is 24.2 Å². The van der Waals surface area contributed by atoms with Gasteiger partial charge in [0.05, 0.1) is 24.7 Å². The van der Waals surface area contributed by atoms with E-state index in [-0.39, 0.29) is 12.1 Å². The summed E-state index contributed by atoms with van der Waals surface area (Å²) < 4.78 is 11.3. The predicted octanol–water partition coefficient (Wildman–Crippen LogP) is 4.18. The van der Waals surface area contributed by atoms with Gasteiger partial charge in [-0.3, -0.25) is 14.9 Å². The summed E-state index contributed by atoms with van der Waals surface area (Å²) in [5, 5.41) is 15.0. The summed E-state index contributed by atoms with van der Waals surface area (Å²) in [6.07, 6.45) is 1.31. The molecule has 0 radical (unpaired) electrons. The van der Waals surface area contributed by atoms with E-state index < -0.39 is 10.8 Å². The van der Waals surface area contributed by atoms with Gasteiger partial charge in [-0.1, -0.05) is 48.0 Å². The van der Waals surface area contributed by atoms with E-state index in [1.165, 1.54) is 17.8 Å². The predicted molar refractivity (Wildman–Crippen MR) is 121 cm³/mol. The maximum absolute atomic E-state index is 12.1. The highest BCUT2D eigenvalue weighted by molar-refractivity contribution is 5.84. The fourth-order valence-corrected chi connectivity index (χ4v) is 2.96. The third-order valence-electron chi connectivity index (χ3n) is 4.64. The fraction of sp³-hybridized carbons (Fsp3) is 0.167. The molecule has 0 unspecified atom stereocenters. The van der Waals surface area contributed by atoms with Gasteiger partial charge in [-0.05, 0) is 36.2 Å². The smallest absolute Gasteiger partial charge is 0.273 e. The standard InChI is InChI=1S/C24H23N3O5/c1-17-7-9-18(10-8-17)16-32-22-12-11-19(13-23(22)31-2)15-25-26-24(28)14-20-5-3-4-6-21(20)27(29)30/h3-13,15H,14,16H2,1-2H3,(H,26,28)/b25-15+. The third kappa shape index (κ3) is 6.15. The molecule has 0 spiro atoms. The molecule has 0 aromatic heterocycles. The normalized spacial score (nSPS) is 10.7. The number of amides is 1. The molecule has 8 heteroatoms. The van der Waals surface area contributed by atoms with Gasteiger partial charge in [0.15, 0.2) is 11.5 Å². The van der Waals surface area contributed by atoms with E-state index >= 15 is 0 Å². The maximum atomic E-state index is 12.1. The van der Waals surface area contributed by atoms with Crippen LogP contribution in [0.5, 0.6) is 11.5 Å². The van der Waals surface area contributed by atoms with Gasteiger partial charge >= 0.3 is 0 Å². The van der Waals surface area contributed by atoms with Crippen LogP contribution in [0.3, 0.4) is 0 Å². The van der Waals surface area contributed by atoms with Crippen molar-refractivity contribution in [3.63, 3.8) is 0 Å². The van der Waals surface area contributed by atoms with Crippen molar-refractivity contribution in [2.75, 3.05) is 7.11 Å². The van der Waals surface area contributed by atoms with Crippen molar-refractivity contribution in [1.82, 2.24) is 5.43 Å². The zero-order chi connectivity index (χ0) is 22.9. The highest BCUT2D eigenvalue weighted by atomic mass is 16.6. The molecule has 0 aliphatic heterocycles. The third-order valence-corrected chi connectivity index (χ3v) is 4.64. The molecular formula is C24H23N3O5. The molecule has 8 nitrogen and oxygen atoms in total. The molecule has 0 atom stereocenters. The Labute approximate surface area is 185 Å². The van der Waals surface area contributed by atoms with Crippen molar-refractivity contribution in [3.8, 4) is 11.5 Å². The van der Waals surface area contributed by atoms with Gasteiger partial charge in [0.1, 0.15) is 6.61 Å². The molecule has 0 saturated heterocycles. The second kappa shape index (κ2) is 10.7. The molecule has 1 amide bonds. The fourth-order valence-electron chi connectivity index (χ4n) is 2.96. The largest absolute Gasteiger partial charge is 0.493 e. The first-order chi connectivity index (χ1) is 15.5. The Morgan fingerprint density at radius 3 is 2.56 bits per heavy atom. The molecule has 0 bridgehead atoms. The number of nitro groups is 1. The number of carbonyl (C=O) groups excluding carboxylic acids is 1. The number of carbonyl (C=O) groups is 1. The van der Waals surface area contributed by atoms with Crippen LogP contribution >= 0.6 is 0 Å². The van der Waals surface area contributed by atoms with Crippen LogP contribution in [0.1, 0.15) is 22.3 Å². The lowest BCUT2D eigenvalue weighted by Gasteiger charge is -2.11. The molecule has 1 N–H and O–H groups in total. The summed E-state index contributed by atoms with van der Waals surface area (Å²) in [6.45, 7) is 2.44. The van der Waals surface area contributed by atoms with Crippen molar-refractivity contribution < 1.29 is 19.2 Å². The molecule has 3 rings (SSSR count). The monoisotopic (exact) mass is 433 g/mol. The van der Waals surface area contributed by atoms with E-state index in [1.54, 1.807) is 43.5 Å². The highest BCUT2D eigenvalue weighted by Gasteiger charge is 2.15. The van der Waals surface area contributed by atoms with Crippen molar-refractivity contribution in [1.29, 1.82) is 0 Å². The average molecular weight is 433 g/mol. The highest BCUT2D eigenvalue weighted by Crippen LogP contribution is 2.28. The average Bonchev–Trinajstić information content (AvgIpc) is 2.79. The molecular weight excluding hydrogens is 410 g/mol. The Bertz CT molecular complexity index is 1130. The number of nitrogens with one attached hydrogen (secondary N) is 1. The van der Waals surface area contributed by atoms with Gasteiger partial charge in [0.2, 0.25) is 5.91 Å². The lowest BCUT2D eigenvalue weighted by Crippen LogP contribution is -2.20. The van der Waals surface area contributed by atoms with Gasteiger partial charge in [-0.2, -0.15) is 5.10 Å². The molecule has 0 aliphatic carbocycles. The number of aryl methyl sites for hydroxylation is 1. The number of methoxy groups -OCH3 is 1. The van der Waals surface area contributed by atoms with Gasteiger partial charge in [0, 0.05) is 11.6 Å². The van der Waals surface area contributed by atoms with Crippen LogP contribution in [-0.2, 0) is 17.8 Å². The van der Waals surface area contributed by atoms with Gasteiger partial charge < -0.3 is 9.47 Å². The van der Waals surface area contributed by atoms with E-state index in [9.17, 15) is 14.9 Å². The van der Waals surface area contributed by atoms with Gasteiger partial charge in [-0.15, -0.1) is 0 Å². The van der Waals surface area contributed by atoms with Crippen LogP contribution in [0.4, 0.5) is 5.69 Å². The number of para-hydroxylation sites is 1. The number of nitrogens with zero attached hydrogens (tertiary/aromatic N) is 2. The first kappa shape index (κ1) is 22.5. The Morgan fingerprint density at radius 2 is 1.84 bits per heavy atom. The Morgan fingerprint density at radius 1 is 1.09 bits per heavy atom. The number of benzene rings is 3. The van der Waals surface area contributed by atoms with E-state index in [0.29, 0.717) is 29.2 Å². The summed E-state index contributed by atoms with van der Waals surface area (Å²) in [7, 11) is 1.55. The molecule has 0 saturated carbocycles. The first-order valence-corrected chi connectivity index (χ1v) is 9.87. The molecule has 3 aromatic rings. The lowest BCUT2D eigenvalue weighted by molar-refractivity contribution is -0.385. The molecule has 32 heavy (non-hydrogen) atoms. The second-order valence-electron chi connectivity index (χ2n) is 7.04. The Balaban J connectivity index is 1.59. The minimum absolute atomic E-state index is 0.0995. The Kier molecular flexibility index (Phi) is 7.53. The Hall–Kier alpha value is -4.20. The van der Waals surface area contributed by atoms with Crippen molar-refractivity contribution >= 4 is 17.8 Å². The van der Waals surface area contributed by atoms with E-state index in [1.807, 2.05) is 31.2 Å². The number of rotatable bonds is 9. The van der Waals surface area contributed by atoms with Crippen molar-refractivity contribution in [2.24, 2.45) is 5.10 Å². The zero-order valence-electron chi connectivity index (χ0n) is 17.8. The molecule has 0 heterocycles. The minimum atomic E-state index is -0.513. The zero-order valence-corrected chi connectivity index (χ0v) is 17.8. The number of nitro benzene ring substituents is 1. The van der Waals surface area contributed by atoms with Crippen LogP contribution < -0.4 is 14.9 Å². The van der Waals surface area contributed by atoms with Crippen LogP contribution in [0.2, 0.25) is 0 Å².